The van der Waals surface area contributed by atoms with Gasteiger partial charge in [0.05, 0.1) is 34.3 Å². The standard InChI is InChI=1S/C34H25BrN2O5/c1-18-2-13-27-25(14-18)26(34(41)42-17-29(38)20-5-9-23(35)10-6-20)16-28(36-27)19-7-11-24(12-8-19)37-32(39)30-21-3-4-22(15-21)31(30)33(37)40/h2-14,16,21-22,30-31H,15,17H2,1H3/t21-,22-,30+,31+/m0/s1. The van der Waals surface area contributed by atoms with Crippen molar-refractivity contribution in [2.45, 2.75) is 13.3 Å². The minimum Gasteiger partial charge on any atom is -0.454 e. The number of aromatic nitrogens is 1. The summed E-state index contributed by atoms with van der Waals surface area (Å²) in [5.74, 6) is -1.42. The van der Waals surface area contributed by atoms with Gasteiger partial charge in [-0.3, -0.25) is 19.3 Å². The third-order valence-electron chi connectivity index (χ3n) is 8.58. The summed E-state index contributed by atoms with van der Waals surface area (Å²) in [5, 5.41) is 0.625. The Bertz CT molecular complexity index is 1800. The zero-order chi connectivity index (χ0) is 29.1. The molecule has 4 atom stereocenters. The van der Waals surface area contributed by atoms with Crippen molar-refractivity contribution in [3.63, 3.8) is 0 Å². The quantitative estimate of drug-likeness (QED) is 0.108. The number of esters is 1. The number of halogens is 1. The molecule has 0 spiro atoms. The van der Waals surface area contributed by atoms with Crippen LogP contribution in [0.25, 0.3) is 22.2 Å². The van der Waals surface area contributed by atoms with Crippen LogP contribution in [0, 0.1) is 30.6 Å². The molecule has 1 saturated heterocycles. The molecule has 7 rings (SSSR count). The molecule has 208 valence electrons. The minimum atomic E-state index is -0.626. The highest BCUT2D eigenvalue weighted by Crippen LogP contribution is 2.53. The Balaban J connectivity index is 1.16. The first kappa shape index (κ1) is 26.5. The fraction of sp³-hybridized carbons (Fsp3) is 0.206. The van der Waals surface area contributed by atoms with Crippen LogP contribution >= 0.6 is 15.9 Å². The number of aryl methyl sites for hydroxylation is 1. The zero-order valence-electron chi connectivity index (χ0n) is 22.6. The molecule has 7 nitrogen and oxygen atoms in total. The zero-order valence-corrected chi connectivity index (χ0v) is 24.2. The van der Waals surface area contributed by atoms with Gasteiger partial charge in [0.2, 0.25) is 11.8 Å². The average molecular weight is 621 g/mol. The van der Waals surface area contributed by atoms with E-state index in [0.717, 1.165) is 16.5 Å². The van der Waals surface area contributed by atoms with Gasteiger partial charge in [-0.05, 0) is 67.6 Å². The summed E-state index contributed by atoms with van der Waals surface area (Å²) in [6.45, 7) is 1.53. The second-order valence-electron chi connectivity index (χ2n) is 11.1. The minimum absolute atomic E-state index is 0.128. The van der Waals surface area contributed by atoms with Crippen molar-refractivity contribution < 1.29 is 23.9 Å². The number of nitrogens with zero attached hydrogens (tertiary/aromatic N) is 2. The van der Waals surface area contributed by atoms with Gasteiger partial charge in [-0.2, -0.15) is 0 Å². The van der Waals surface area contributed by atoms with E-state index in [-0.39, 0.29) is 41.3 Å². The van der Waals surface area contributed by atoms with Crippen molar-refractivity contribution >= 4 is 56.1 Å². The Hall–Kier alpha value is -4.43. The Labute approximate surface area is 250 Å². The number of fused-ring (bicyclic) bond motifs is 6. The number of amides is 2. The number of ketones is 1. The van der Waals surface area contributed by atoms with Gasteiger partial charge in [-0.15, -0.1) is 0 Å². The second-order valence-corrected chi connectivity index (χ2v) is 12.1. The van der Waals surface area contributed by atoms with Gasteiger partial charge in [-0.25, -0.2) is 9.78 Å². The lowest BCUT2D eigenvalue weighted by Crippen LogP contribution is -2.32. The monoisotopic (exact) mass is 620 g/mol. The van der Waals surface area contributed by atoms with Gasteiger partial charge in [0.15, 0.2) is 12.4 Å². The summed E-state index contributed by atoms with van der Waals surface area (Å²) in [7, 11) is 0. The van der Waals surface area contributed by atoms with Crippen LogP contribution in [0.3, 0.4) is 0 Å². The number of rotatable bonds is 6. The first-order valence-electron chi connectivity index (χ1n) is 13.8. The first-order chi connectivity index (χ1) is 20.3. The number of ether oxygens (including phenoxy) is 1. The fourth-order valence-electron chi connectivity index (χ4n) is 6.52. The van der Waals surface area contributed by atoms with E-state index in [4.69, 9.17) is 9.72 Å². The number of anilines is 1. The van der Waals surface area contributed by atoms with Crippen molar-refractivity contribution in [1.29, 1.82) is 0 Å². The van der Waals surface area contributed by atoms with Gasteiger partial charge >= 0.3 is 5.97 Å². The summed E-state index contributed by atoms with van der Waals surface area (Å²) in [6, 6.07) is 21.2. The van der Waals surface area contributed by atoms with Crippen molar-refractivity contribution in [3.05, 3.63) is 106 Å². The number of hydrogen-bond acceptors (Lipinski definition) is 6. The number of benzene rings is 3. The summed E-state index contributed by atoms with van der Waals surface area (Å²) in [6.07, 6.45) is 5.04. The van der Waals surface area contributed by atoms with E-state index in [1.54, 1.807) is 54.6 Å². The predicted octanol–water partition coefficient (Wildman–Crippen LogP) is 6.32. The third-order valence-corrected chi connectivity index (χ3v) is 9.10. The highest BCUT2D eigenvalue weighted by atomic mass is 79.9. The largest absolute Gasteiger partial charge is 0.454 e. The molecule has 2 amide bonds. The Morgan fingerprint density at radius 3 is 2.24 bits per heavy atom. The predicted molar refractivity (Wildman–Crippen MR) is 161 cm³/mol. The van der Waals surface area contributed by atoms with Crippen molar-refractivity contribution in [2.75, 3.05) is 11.5 Å². The fourth-order valence-corrected chi connectivity index (χ4v) is 6.79. The van der Waals surface area contributed by atoms with E-state index < -0.39 is 12.6 Å². The summed E-state index contributed by atoms with van der Waals surface area (Å²) < 4.78 is 6.32. The number of carbonyl (C=O) groups is 4. The smallest absolute Gasteiger partial charge is 0.339 e. The molecule has 1 saturated carbocycles. The van der Waals surface area contributed by atoms with E-state index >= 15 is 0 Å². The Morgan fingerprint density at radius 1 is 0.905 bits per heavy atom. The molecule has 1 aliphatic heterocycles. The SMILES string of the molecule is Cc1ccc2nc(-c3ccc(N4C(=O)[C@H]5[C@H](C4=O)[C@H]4C=C[C@H]5C4)cc3)cc(C(=O)OCC(=O)c3ccc(Br)cc3)c2c1. The van der Waals surface area contributed by atoms with Gasteiger partial charge in [-0.1, -0.05) is 64.0 Å². The molecule has 3 aromatic carbocycles. The van der Waals surface area contributed by atoms with Crippen LogP contribution < -0.4 is 4.90 Å². The average Bonchev–Trinajstić information content (AvgIpc) is 3.69. The molecular weight excluding hydrogens is 596 g/mol. The molecule has 0 radical (unpaired) electrons. The molecule has 3 aliphatic rings. The highest BCUT2D eigenvalue weighted by molar-refractivity contribution is 9.10. The summed E-state index contributed by atoms with van der Waals surface area (Å²) in [4.78, 5) is 58.5. The van der Waals surface area contributed by atoms with Gasteiger partial charge < -0.3 is 4.74 Å². The van der Waals surface area contributed by atoms with Crippen LogP contribution in [0.2, 0.25) is 0 Å². The molecule has 4 aromatic rings. The van der Waals surface area contributed by atoms with Crippen molar-refractivity contribution in [1.82, 2.24) is 4.98 Å². The number of Topliss-reactive ketones (excluding diaryl/α,β-unsaturated/α-hetero) is 1. The van der Waals surface area contributed by atoms with Gasteiger partial charge in [0.1, 0.15) is 0 Å². The first-order valence-corrected chi connectivity index (χ1v) is 14.6. The van der Waals surface area contributed by atoms with E-state index in [2.05, 4.69) is 28.1 Å². The van der Waals surface area contributed by atoms with E-state index in [1.807, 2.05) is 25.1 Å². The topological polar surface area (TPSA) is 93.6 Å². The molecule has 8 heteroatoms. The number of pyridine rings is 1. The lowest BCUT2D eigenvalue weighted by atomic mass is 9.85. The Morgan fingerprint density at radius 2 is 1.57 bits per heavy atom. The lowest BCUT2D eigenvalue weighted by Gasteiger charge is -2.17. The lowest BCUT2D eigenvalue weighted by molar-refractivity contribution is -0.123. The molecular formula is C34H25BrN2O5. The maximum Gasteiger partial charge on any atom is 0.339 e. The second kappa shape index (κ2) is 10.1. The molecule has 2 heterocycles. The number of allylic oxidation sites excluding steroid dienone is 2. The molecule has 1 aromatic heterocycles. The van der Waals surface area contributed by atoms with Crippen LogP contribution in [-0.2, 0) is 14.3 Å². The molecule has 2 fully saturated rings. The number of imide groups is 1. The summed E-state index contributed by atoms with van der Waals surface area (Å²) in [5.41, 5.74) is 4.08. The van der Waals surface area contributed by atoms with Gasteiger partial charge in [0.25, 0.3) is 0 Å². The molecule has 2 bridgehead atoms. The maximum absolute atomic E-state index is 13.3. The maximum atomic E-state index is 13.3. The van der Waals surface area contributed by atoms with E-state index in [9.17, 15) is 19.2 Å². The van der Waals surface area contributed by atoms with Crippen LogP contribution in [0.1, 0.15) is 32.7 Å². The van der Waals surface area contributed by atoms with Crippen molar-refractivity contribution in [2.24, 2.45) is 23.7 Å². The van der Waals surface area contributed by atoms with Crippen LogP contribution in [0.5, 0.6) is 0 Å². The third kappa shape index (κ3) is 4.38. The van der Waals surface area contributed by atoms with Crippen LogP contribution in [0.15, 0.2) is 89.4 Å². The number of hydrogen-bond donors (Lipinski definition) is 0. The summed E-state index contributed by atoms with van der Waals surface area (Å²) >= 11 is 3.35. The molecule has 0 unspecified atom stereocenters. The van der Waals surface area contributed by atoms with E-state index in [1.165, 1.54) is 4.90 Å². The Kier molecular flexibility index (Phi) is 6.39. The molecule has 0 N–H and O–H groups in total. The van der Waals surface area contributed by atoms with Crippen LogP contribution in [-0.4, -0.2) is 35.2 Å². The van der Waals surface area contributed by atoms with E-state index in [0.29, 0.717) is 39.0 Å². The normalized spacial score (nSPS) is 22.2. The number of carbonyl (C=O) groups excluding carboxylic acids is 4. The van der Waals surface area contributed by atoms with Crippen LogP contribution in [0.4, 0.5) is 5.69 Å². The highest BCUT2D eigenvalue weighted by Gasteiger charge is 2.59. The molecule has 2 aliphatic carbocycles. The van der Waals surface area contributed by atoms with Crippen molar-refractivity contribution in [3.8, 4) is 11.3 Å². The molecule has 42 heavy (non-hydrogen) atoms. The van der Waals surface area contributed by atoms with Gasteiger partial charge in [0, 0.05) is 21.0 Å².